The number of hydrogen-bond acceptors (Lipinski definition) is 5. The van der Waals surface area contributed by atoms with Crippen LogP contribution in [0, 0.1) is 0 Å². The number of aliphatic imine (C=N–C) groups is 1. The molecular weight excluding hydrogens is 408 g/mol. The molecule has 3 N–H and O–H groups in total. The van der Waals surface area contributed by atoms with Crippen LogP contribution in [-0.2, 0) is 0 Å². The minimum Gasteiger partial charge on any atom is -0.508 e. The number of ether oxygens (including phenoxy) is 2. The fraction of sp³-hybridized carbons (Fsp3) is 0.417. The van der Waals surface area contributed by atoms with Gasteiger partial charge >= 0.3 is 0 Å². The summed E-state index contributed by atoms with van der Waals surface area (Å²) in [6, 6.07) is 12.2. The zero-order valence-electron chi connectivity index (χ0n) is 18.9. The van der Waals surface area contributed by atoms with E-state index in [0.29, 0.717) is 24.6 Å². The van der Waals surface area contributed by atoms with Gasteiger partial charge in [0.2, 0.25) is 0 Å². The minimum atomic E-state index is -0.182. The maximum atomic E-state index is 12.2. The number of methoxy groups -OCH3 is 2. The van der Waals surface area contributed by atoms with Gasteiger partial charge in [0, 0.05) is 43.7 Å². The van der Waals surface area contributed by atoms with E-state index < -0.39 is 0 Å². The number of rotatable bonds is 8. The van der Waals surface area contributed by atoms with Crippen molar-refractivity contribution in [3.8, 4) is 17.2 Å². The van der Waals surface area contributed by atoms with Gasteiger partial charge in [0.25, 0.3) is 5.91 Å². The highest BCUT2D eigenvalue weighted by atomic mass is 16.5. The number of hydrogen-bond donors (Lipinski definition) is 3. The molecule has 1 heterocycles. The van der Waals surface area contributed by atoms with Crippen molar-refractivity contribution >= 4 is 11.9 Å². The Morgan fingerprint density at radius 3 is 2.44 bits per heavy atom. The molecule has 0 spiro atoms. The first-order valence-electron chi connectivity index (χ1n) is 10.9. The van der Waals surface area contributed by atoms with Gasteiger partial charge in [0.05, 0.1) is 20.8 Å². The molecule has 1 aliphatic heterocycles. The highest BCUT2D eigenvalue weighted by Gasteiger charge is 2.27. The number of aromatic hydroxyl groups is 1. The lowest BCUT2D eigenvalue weighted by Crippen LogP contribution is -2.40. The maximum Gasteiger partial charge on any atom is 0.251 e. The monoisotopic (exact) mass is 440 g/mol. The maximum absolute atomic E-state index is 12.2. The lowest BCUT2D eigenvalue weighted by molar-refractivity contribution is 0.0954. The lowest BCUT2D eigenvalue weighted by Gasteiger charge is -2.22. The van der Waals surface area contributed by atoms with Crippen molar-refractivity contribution in [2.45, 2.75) is 19.3 Å². The van der Waals surface area contributed by atoms with Crippen molar-refractivity contribution in [3.63, 3.8) is 0 Å². The fourth-order valence-electron chi connectivity index (χ4n) is 3.76. The summed E-state index contributed by atoms with van der Waals surface area (Å²) in [7, 11) is 3.33. The van der Waals surface area contributed by atoms with Crippen LogP contribution < -0.4 is 20.1 Å². The molecule has 172 valence electrons. The van der Waals surface area contributed by atoms with Crippen molar-refractivity contribution in [3.05, 3.63) is 53.6 Å². The molecule has 0 radical (unpaired) electrons. The Hall–Kier alpha value is -3.42. The quantitative estimate of drug-likeness (QED) is 0.332. The van der Waals surface area contributed by atoms with Crippen molar-refractivity contribution in [2.75, 3.05) is 46.9 Å². The molecule has 0 aliphatic carbocycles. The topological polar surface area (TPSA) is 95.4 Å². The van der Waals surface area contributed by atoms with Gasteiger partial charge in [-0.15, -0.1) is 0 Å². The third-order valence-corrected chi connectivity index (χ3v) is 5.46. The van der Waals surface area contributed by atoms with Crippen LogP contribution in [0.25, 0.3) is 0 Å². The normalized spacial score (nSPS) is 16.0. The molecule has 3 rings (SSSR count). The number of carbonyl (C=O) groups is 1. The average Bonchev–Trinajstić information content (AvgIpc) is 3.31. The number of amides is 1. The lowest BCUT2D eigenvalue weighted by atomic mass is 9.98. The Bertz CT molecular complexity index is 908. The third kappa shape index (κ3) is 6.06. The molecule has 1 aliphatic rings. The molecular formula is C24H32N4O4. The van der Waals surface area contributed by atoms with Gasteiger partial charge in [-0.2, -0.15) is 0 Å². The summed E-state index contributed by atoms with van der Waals surface area (Å²) >= 11 is 0. The van der Waals surface area contributed by atoms with Crippen LogP contribution in [0.5, 0.6) is 17.2 Å². The molecule has 1 unspecified atom stereocenters. The van der Waals surface area contributed by atoms with E-state index in [1.54, 1.807) is 26.4 Å². The molecule has 8 nitrogen and oxygen atoms in total. The number of guanidine groups is 1. The van der Waals surface area contributed by atoms with Crippen molar-refractivity contribution < 1.29 is 19.4 Å². The molecule has 0 aromatic heterocycles. The summed E-state index contributed by atoms with van der Waals surface area (Å²) in [5.41, 5.74) is 1.70. The van der Waals surface area contributed by atoms with Crippen LogP contribution in [0.3, 0.4) is 0 Å². The molecule has 8 heteroatoms. The van der Waals surface area contributed by atoms with Crippen molar-refractivity contribution in [1.29, 1.82) is 0 Å². The molecule has 2 aromatic rings. The molecule has 0 saturated carbocycles. The fourth-order valence-corrected chi connectivity index (χ4v) is 3.76. The highest BCUT2D eigenvalue weighted by molar-refractivity contribution is 5.94. The van der Waals surface area contributed by atoms with Gasteiger partial charge in [0.15, 0.2) is 5.96 Å². The van der Waals surface area contributed by atoms with Crippen LogP contribution in [0.15, 0.2) is 47.5 Å². The van der Waals surface area contributed by atoms with Gasteiger partial charge in [0.1, 0.15) is 17.2 Å². The summed E-state index contributed by atoms with van der Waals surface area (Å²) in [6.07, 6.45) is 1.01. The number of nitrogens with one attached hydrogen (secondary N) is 2. The SMILES string of the molecule is CCNC(=NCCNC(=O)c1ccc(O)cc1)N1CCC(c2cc(OC)cc(OC)c2)C1. The first-order valence-corrected chi connectivity index (χ1v) is 10.9. The predicted octanol–water partition coefficient (Wildman–Crippen LogP) is 2.59. The Morgan fingerprint density at radius 2 is 1.81 bits per heavy atom. The largest absolute Gasteiger partial charge is 0.508 e. The van der Waals surface area contributed by atoms with E-state index in [2.05, 4.69) is 27.7 Å². The molecule has 0 bridgehead atoms. The van der Waals surface area contributed by atoms with Crippen LogP contribution in [-0.4, -0.2) is 68.8 Å². The van der Waals surface area contributed by atoms with Crippen molar-refractivity contribution in [2.24, 2.45) is 4.99 Å². The van der Waals surface area contributed by atoms with Gasteiger partial charge in [-0.25, -0.2) is 0 Å². The number of phenolic OH excluding ortho intramolecular Hbond substituents is 1. The Kier molecular flexibility index (Phi) is 8.19. The molecule has 1 fully saturated rings. The number of carbonyl (C=O) groups excluding carboxylic acids is 1. The standard InChI is InChI=1S/C24H32N4O4/c1-4-25-24(27-11-10-26-23(30)17-5-7-20(29)8-6-17)28-12-9-18(16-28)19-13-21(31-2)15-22(14-19)32-3/h5-8,13-15,18,29H,4,9-12,16H2,1-3H3,(H,25,27)(H,26,30). The van der Waals surface area contributed by atoms with Gasteiger partial charge in [-0.05, 0) is 55.3 Å². The summed E-state index contributed by atoms with van der Waals surface area (Å²) in [5, 5.41) is 15.6. The van der Waals surface area contributed by atoms with E-state index >= 15 is 0 Å². The number of benzene rings is 2. The van der Waals surface area contributed by atoms with Gasteiger partial charge < -0.3 is 30.1 Å². The van der Waals surface area contributed by atoms with Gasteiger partial charge in [-0.1, -0.05) is 0 Å². The second-order valence-electron chi connectivity index (χ2n) is 7.62. The molecule has 1 saturated heterocycles. The average molecular weight is 441 g/mol. The van der Waals surface area contributed by atoms with Crippen LogP contribution in [0.1, 0.15) is 35.2 Å². The summed E-state index contributed by atoms with van der Waals surface area (Å²) in [5.74, 6) is 2.75. The van der Waals surface area contributed by atoms with Gasteiger partial charge in [-0.3, -0.25) is 9.79 Å². The number of phenols is 1. The Labute approximate surface area is 189 Å². The number of nitrogens with zero attached hydrogens (tertiary/aromatic N) is 2. The summed E-state index contributed by atoms with van der Waals surface area (Å²) < 4.78 is 10.8. The molecule has 1 amide bonds. The van der Waals surface area contributed by atoms with Crippen molar-refractivity contribution in [1.82, 2.24) is 15.5 Å². The smallest absolute Gasteiger partial charge is 0.251 e. The van der Waals surface area contributed by atoms with Crippen LogP contribution in [0.4, 0.5) is 0 Å². The summed E-state index contributed by atoms with van der Waals surface area (Å²) in [4.78, 5) is 19.1. The highest BCUT2D eigenvalue weighted by Crippen LogP contribution is 2.32. The molecule has 32 heavy (non-hydrogen) atoms. The zero-order valence-corrected chi connectivity index (χ0v) is 18.9. The second kappa shape index (κ2) is 11.3. The Morgan fingerprint density at radius 1 is 1.12 bits per heavy atom. The predicted molar refractivity (Wildman–Crippen MR) is 125 cm³/mol. The van der Waals surface area contributed by atoms with Crippen LogP contribution >= 0.6 is 0 Å². The molecule has 1 atom stereocenters. The van der Waals surface area contributed by atoms with E-state index in [1.807, 2.05) is 13.0 Å². The van der Waals surface area contributed by atoms with E-state index in [1.165, 1.54) is 17.7 Å². The first-order chi connectivity index (χ1) is 15.5. The second-order valence-corrected chi connectivity index (χ2v) is 7.62. The summed E-state index contributed by atoms with van der Waals surface area (Å²) in [6.45, 7) is 5.46. The van der Waals surface area contributed by atoms with E-state index in [-0.39, 0.29) is 11.7 Å². The number of likely N-dealkylation sites (tertiary alicyclic amines) is 1. The van der Waals surface area contributed by atoms with E-state index in [9.17, 15) is 9.90 Å². The molecule has 2 aromatic carbocycles. The van der Waals surface area contributed by atoms with E-state index in [0.717, 1.165) is 43.5 Å². The minimum absolute atomic E-state index is 0.137. The third-order valence-electron chi connectivity index (χ3n) is 5.46. The first kappa shape index (κ1) is 23.2. The Balaban J connectivity index is 1.58. The zero-order chi connectivity index (χ0) is 22.9. The van der Waals surface area contributed by atoms with Crippen LogP contribution in [0.2, 0.25) is 0 Å². The van der Waals surface area contributed by atoms with E-state index in [4.69, 9.17) is 14.5 Å².